The van der Waals surface area contributed by atoms with Crippen LogP contribution in [0.3, 0.4) is 0 Å². The Hall–Kier alpha value is -1.15. The predicted molar refractivity (Wildman–Crippen MR) is 65.5 cm³/mol. The van der Waals surface area contributed by atoms with E-state index in [0.29, 0.717) is 13.0 Å². The summed E-state index contributed by atoms with van der Waals surface area (Å²) in [6, 6.07) is 7.80. The summed E-state index contributed by atoms with van der Waals surface area (Å²) in [7, 11) is 0. The van der Waals surface area contributed by atoms with Crippen molar-refractivity contribution in [2.45, 2.75) is 32.6 Å². The molecule has 2 nitrogen and oxygen atoms in total. The average Bonchev–Trinajstić information content (AvgIpc) is 2.24. The zero-order valence-corrected chi connectivity index (χ0v) is 9.83. The van der Waals surface area contributed by atoms with Crippen molar-refractivity contribution in [2.75, 3.05) is 6.54 Å². The van der Waals surface area contributed by atoms with Gasteiger partial charge in [0.25, 0.3) is 0 Å². The van der Waals surface area contributed by atoms with E-state index in [1.165, 1.54) is 6.42 Å². The Bertz CT molecular complexity index is 388. The maximum Gasteiger partial charge on any atom is 0.163 e. The minimum absolute atomic E-state index is 0.110. The lowest BCUT2D eigenvalue weighted by Gasteiger charge is -2.40. The molecule has 0 bridgehead atoms. The van der Waals surface area contributed by atoms with Crippen LogP contribution < -0.4 is 5.73 Å². The fraction of sp³-hybridized carbons (Fsp3) is 0.500. The number of ketones is 1. The van der Waals surface area contributed by atoms with Gasteiger partial charge in [-0.25, -0.2) is 0 Å². The van der Waals surface area contributed by atoms with Crippen molar-refractivity contribution in [3.63, 3.8) is 0 Å². The number of carbonyl (C=O) groups excluding carboxylic acids is 1. The molecule has 2 N–H and O–H groups in total. The first-order valence-corrected chi connectivity index (χ1v) is 5.96. The molecule has 0 atom stereocenters. The summed E-state index contributed by atoms with van der Waals surface area (Å²) in [5.74, 6) is 0.253. The van der Waals surface area contributed by atoms with Crippen molar-refractivity contribution in [1.82, 2.24) is 0 Å². The molecule has 0 spiro atoms. The van der Waals surface area contributed by atoms with Crippen LogP contribution in [0.25, 0.3) is 0 Å². The second-order valence-electron chi connectivity index (χ2n) is 4.97. The fourth-order valence-corrected chi connectivity index (χ4v) is 2.45. The number of benzene rings is 1. The van der Waals surface area contributed by atoms with Gasteiger partial charge in [-0.1, -0.05) is 30.7 Å². The minimum atomic E-state index is 0.110. The van der Waals surface area contributed by atoms with Gasteiger partial charge in [0, 0.05) is 12.0 Å². The van der Waals surface area contributed by atoms with Crippen molar-refractivity contribution in [3.8, 4) is 0 Å². The van der Waals surface area contributed by atoms with Gasteiger partial charge < -0.3 is 5.73 Å². The predicted octanol–water partition coefficient (Wildman–Crippen LogP) is 2.70. The van der Waals surface area contributed by atoms with Crippen LogP contribution in [-0.4, -0.2) is 12.3 Å². The van der Waals surface area contributed by atoms with Crippen LogP contribution in [0.1, 0.15) is 41.6 Å². The summed E-state index contributed by atoms with van der Waals surface area (Å²) >= 11 is 0. The van der Waals surface area contributed by atoms with Crippen molar-refractivity contribution in [2.24, 2.45) is 11.1 Å². The Morgan fingerprint density at radius 1 is 1.38 bits per heavy atom. The Labute approximate surface area is 96.8 Å². The Balaban J connectivity index is 2.11. The molecule has 1 fully saturated rings. The van der Waals surface area contributed by atoms with Crippen molar-refractivity contribution >= 4 is 5.78 Å². The van der Waals surface area contributed by atoms with Gasteiger partial charge in [0.05, 0.1) is 0 Å². The normalized spacial score (nSPS) is 17.9. The highest BCUT2D eigenvalue weighted by molar-refractivity contribution is 5.97. The topological polar surface area (TPSA) is 43.1 Å². The van der Waals surface area contributed by atoms with Crippen LogP contribution in [-0.2, 0) is 0 Å². The molecule has 2 rings (SSSR count). The van der Waals surface area contributed by atoms with Gasteiger partial charge in [0.1, 0.15) is 0 Å². The van der Waals surface area contributed by atoms with E-state index in [0.717, 1.165) is 24.0 Å². The van der Waals surface area contributed by atoms with Crippen molar-refractivity contribution < 1.29 is 4.79 Å². The molecule has 86 valence electrons. The molecule has 1 aromatic carbocycles. The van der Waals surface area contributed by atoms with E-state index in [1.807, 2.05) is 31.2 Å². The third kappa shape index (κ3) is 2.03. The van der Waals surface area contributed by atoms with Gasteiger partial charge in [-0.05, 0) is 37.3 Å². The zero-order valence-electron chi connectivity index (χ0n) is 9.83. The van der Waals surface area contributed by atoms with Crippen LogP contribution in [0.4, 0.5) is 0 Å². The largest absolute Gasteiger partial charge is 0.330 e. The number of hydrogen-bond donors (Lipinski definition) is 1. The summed E-state index contributed by atoms with van der Waals surface area (Å²) in [6.45, 7) is 2.63. The second-order valence-corrected chi connectivity index (χ2v) is 4.97. The SMILES string of the molecule is Cc1ccccc1C(=O)CC1(CN)CCC1. The first-order valence-electron chi connectivity index (χ1n) is 5.96. The lowest BCUT2D eigenvalue weighted by molar-refractivity contribution is 0.0785. The van der Waals surface area contributed by atoms with E-state index in [9.17, 15) is 4.79 Å². The monoisotopic (exact) mass is 217 g/mol. The Morgan fingerprint density at radius 3 is 2.56 bits per heavy atom. The smallest absolute Gasteiger partial charge is 0.163 e. The Morgan fingerprint density at radius 2 is 2.06 bits per heavy atom. The van der Waals surface area contributed by atoms with E-state index in [-0.39, 0.29) is 11.2 Å². The molecule has 0 radical (unpaired) electrons. The molecule has 16 heavy (non-hydrogen) atoms. The molecule has 2 heteroatoms. The average molecular weight is 217 g/mol. The molecule has 0 amide bonds. The maximum atomic E-state index is 12.2. The summed E-state index contributed by atoms with van der Waals surface area (Å²) in [5.41, 5.74) is 7.82. The lowest BCUT2D eigenvalue weighted by atomic mass is 9.65. The molecule has 1 saturated carbocycles. The lowest BCUT2D eigenvalue weighted by Crippen LogP contribution is -2.39. The van der Waals surface area contributed by atoms with E-state index < -0.39 is 0 Å². The molecule has 0 saturated heterocycles. The molecule has 1 aliphatic rings. The molecule has 0 aliphatic heterocycles. The molecule has 1 aliphatic carbocycles. The Kier molecular flexibility index (Phi) is 3.10. The second kappa shape index (κ2) is 4.38. The number of Topliss-reactive ketones (excluding diaryl/α,β-unsaturated/α-hetero) is 1. The quantitative estimate of drug-likeness (QED) is 0.788. The summed E-state index contributed by atoms with van der Waals surface area (Å²) in [4.78, 5) is 12.2. The third-order valence-corrected chi connectivity index (χ3v) is 3.83. The molecule has 0 heterocycles. The number of carbonyl (C=O) groups is 1. The molecule has 1 aromatic rings. The van der Waals surface area contributed by atoms with Crippen molar-refractivity contribution in [1.29, 1.82) is 0 Å². The van der Waals surface area contributed by atoms with Crippen LogP contribution >= 0.6 is 0 Å². The van der Waals surface area contributed by atoms with Gasteiger partial charge in [-0.3, -0.25) is 4.79 Å². The fourth-order valence-electron chi connectivity index (χ4n) is 2.45. The van der Waals surface area contributed by atoms with E-state index >= 15 is 0 Å². The third-order valence-electron chi connectivity index (χ3n) is 3.83. The zero-order chi connectivity index (χ0) is 11.6. The minimum Gasteiger partial charge on any atom is -0.330 e. The van der Waals surface area contributed by atoms with Gasteiger partial charge >= 0.3 is 0 Å². The number of nitrogens with two attached hydrogens (primary N) is 1. The first kappa shape index (κ1) is 11.3. The standard InChI is InChI=1S/C14H19NO/c1-11-5-2-3-6-12(11)13(16)9-14(10-15)7-4-8-14/h2-3,5-6H,4,7-10,15H2,1H3. The van der Waals surface area contributed by atoms with Crippen LogP contribution in [0.2, 0.25) is 0 Å². The highest BCUT2D eigenvalue weighted by atomic mass is 16.1. The summed E-state index contributed by atoms with van der Waals surface area (Å²) < 4.78 is 0. The summed E-state index contributed by atoms with van der Waals surface area (Å²) in [5, 5.41) is 0. The van der Waals surface area contributed by atoms with Crippen LogP contribution in [0, 0.1) is 12.3 Å². The number of rotatable bonds is 4. The highest BCUT2D eigenvalue weighted by Crippen LogP contribution is 2.43. The van der Waals surface area contributed by atoms with Gasteiger partial charge in [0.2, 0.25) is 0 Å². The van der Waals surface area contributed by atoms with E-state index in [4.69, 9.17) is 5.73 Å². The van der Waals surface area contributed by atoms with Gasteiger partial charge in [-0.2, -0.15) is 0 Å². The van der Waals surface area contributed by atoms with Gasteiger partial charge in [0.15, 0.2) is 5.78 Å². The molecular formula is C14H19NO. The maximum absolute atomic E-state index is 12.2. The van der Waals surface area contributed by atoms with Gasteiger partial charge in [-0.15, -0.1) is 0 Å². The van der Waals surface area contributed by atoms with Crippen LogP contribution in [0.5, 0.6) is 0 Å². The van der Waals surface area contributed by atoms with E-state index in [2.05, 4.69) is 0 Å². The first-order chi connectivity index (χ1) is 7.67. The molecular weight excluding hydrogens is 198 g/mol. The molecule has 0 unspecified atom stereocenters. The van der Waals surface area contributed by atoms with E-state index in [1.54, 1.807) is 0 Å². The van der Waals surface area contributed by atoms with Crippen molar-refractivity contribution in [3.05, 3.63) is 35.4 Å². The number of hydrogen-bond acceptors (Lipinski definition) is 2. The highest BCUT2D eigenvalue weighted by Gasteiger charge is 2.37. The molecule has 0 aromatic heterocycles. The summed E-state index contributed by atoms with van der Waals surface area (Å²) in [6.07, 6.45) is 4.06. The van der Waals surface area contributed by atoms with Crippen LogP contribution in [0.15, 0.2) is 24.3 Å². The number of aryl methyl sites for hydroxylation is 1.